The highest BCUT2D eigenvalue weighted by atomic mass is 32.2. The fourth-order valence-corrected chi connectivity index (χ4v) is 3.92. The van der Waals surface area contributed by atoms with Crippen molar-refractivity contribution < 1.29 is 4.39 Å². The van der Waals surface area contributed by atoms with E-state index >= 15 is 0 Å². The summed E-state index contributed by atoms with van der Waals surface area (Å²) in [6, 6.07) is 14.6. The Labute approximate surface area is 130 Å². The Hall–Kier alpha value is -1.32. The third-order valence-corrected chi connectivity index (χ3v) is 5.23. The van der Waals surface area contributed by atoms with Crippen molar-refractivity contribution in [3.63, 3.8) is 0 Å². The molecule has 1 nitrogen and oxygen atoms in total. The molecule has 2 aromatic rings. The minimum atomic E-state index is -0.124. The molecule has 1 N–H and O–H groups in total. The van der Waals surface area contributed by atoms with Crippen molar-refractivity contribution in [2.75, 3.05) is 5.75 Å². The van der Waals surface area contributed by atoms with Crippen molar-refractivity contribution >= 4 is 11.8 Å². The average molecular weight is 301 g/mol. The number of thioether (sulfide) groups is 1. The summed E-state index contributed by atoms with van der Waals surface area (Å²) in [7, 11) is 0. The number of hydrogen-bond donors (Lipinski definition) is 1. The maximum absolute atomic E-state index is 13.7. The van der Waals surface area contributed by atoms with Gasteiger partial charge in [-0.15, -0.1) is 11.8 Å². The van der Waals surface area contributed by atoms with E-state index in [1.54, 1.807) is 13.0 Å². The zero-order valence-corrected chi connectivity index (χ0v) is 13.2. The van der Waals surface area contributed by atoms with E-state index in [4.69, 9.17) is 0 Å². The van der Waals surface area contributed by atoms with E-state index in [0.29, 0.717) is 11.6 Å². The second-order valence-corrected chi connectivity index (χ2v) is 6.76. The fraction of sp³-hybridized carbons (Fsp3) is 0.333. The Morgan fingerprint density at radius 1 is 1.24 bits per heavy atom. The predicted molar refractivity (Wildman–Crippen MR) is 87.2 cm³/mol. The van der Waals surface area contributed by atoms with Gasteiger partial charge in [-0.05, 0) is 54.8 Å². The molecular formula is C18H20FNS. The van der Waals surface area contributed by atoms with Crippen LogP contribution in [0, 0.1) is 12.7 Å². The quantitative estimate of drug-likeness (QED) is 0.854. The van der Waals surface area contributed by atoms with Crippen LogP contribution in [0.3, 0.4) is 0 Å². The molecule has 1 heterocycles. The van der Waals surface area contributed by atoms with Crippen molar-refractivity contribution in [1.82, 2.24) is 5.32 Å². The molecule has 3 rings (SSSR count). The van der Waals surface area contributed by atoms with Gasteiger partial charge in [0.1, 0.15) is 5.82 Å². The molecule has 2 unspecified atom stereocenters. The van der Waals surface area contributed by atoms with E-state index in [1.807, 2.05) is 23.9 Å². The van der Waals surface area contributed by atoms with E-state index in [2.05, 4.69) is 36.5 Å². The summed E-state index contributed by atoms with van der Waals surface area (Å²) in [5, 5.41) is 3.66. The Balaban J connectivity index is 1.79. The molecule has 2 atom stereocenters. The molecule has 0 aromatic heterocycles. The number of nitrogens with one attached hydrogen (secondary N) is 1. The van der Waals surface area contributed by atoms with Gasteiger partial charge < -0.3 is 5.32 Å². The van der Waals surface area contributed by atoms with Crippen LogP contribution in [-0.2, 0) is 0 Å². The van der Waals surface area contributed by atoms with Crippen LogP contribution in [0.25, 0.3) is 0 Å². The summed E-state index contributed by atoms with van der Waals surface area (Å²) in [4.78, 5) is 1.36. The standard InChI is InChI=1S/C18H20FNS/c1-12-7-8-14(11-16(12)19)13(2)20-17-9-10-21-18-6-4-3-5-15(17)18/h3-8,11,13,17,20H,9-10H2,1-2H3. The van der Waals surface area contributed by atoms with Gasteiger partial charge in [0.15, 0.2) is 0 Å². The number of fused-ring (bicyclic) bond motifs is 1. The van der Waals surface area contributed by atoms with Crippen LogP contribution in [0.4, 0.5) is 4.39 Å². The van der Waals surface area contributed by atoms with Gasteiger partial charge in [-0.25, -0.2) is 4.39 Å². The van der Waals surface area contributed by atoms with Gasteiger partial charge >= 0.3 is 0 Å². The highest BCUT2D eigenvalue weighted by Crippen LogP contribution is 2.37. The molecule has 0 saturated heterocycles. The first kappa shape index (κ1) is 14.6. The summed E-state index contributed by atoms with van der Waals surface area (Å²) < 4.78 is 13.7. The number of halogens is 1. The zero-order valence-electron chi connectivity index (χ0n) is 12.4. The van der Waals surface area contributed by atoms with Gasteiger partial charge in [0.05, 0.1) is 0 Å². The van der Waals surface area contributed by atoms with Gasteiger partial charge in [-0.1, -0.05) is 30.3 Å². The van der Waals surface area contributed by atoms with Gasteiger partial charge in [-0.3, -0.25) is 0 Å². The summed E-state index contributed by atoms with van der Waals surface area (Å²) in [5.41, 5.74) is 3.08. The van der Waals surface area contributed by atoms with Gasteiger partial charge in [-0.2, -0.15) is 0 Å². The lowest BCUT2D eigenvalue weighted by molar-refractivity contribution is 0.448. The first-order chi connectivity index (χ1) is 10.1. The van der Waals surface area contributed by atoms with Crippen LogP contribution in [0.5, 0.6) is 0 Å². The highest BCUT2D eigenvalue weighted by molar-refractivity contribution is 7.99. The average Bonchev–Trinajstić information content (AvgIpc) is 2.50. The second-order valence-electron chi connectivity index (χ2n) is 5.62. The largest absolute Gasteiger partial charge is 0.303 e. The second kappa shape index (κ2) is 6.20. The smallest absolute Gasteiger partial charge is 0.126 e. The Morgan fingerprint density at radius 3 is 2.86 bits per heavy atom. The Bertz CT molecular complexity index is 641. The topological polar surface area (TPSA) is 12.0 Å². The number of hydrogen-bond acceptors (Lipinski definition) is 2. The lowest BCUT2D eigenvalue weighted by atomic mass is 10.00. The van der Waals surface area contributed by atoms with Crippen LogP contribution in [0.1, 0.15) is 42.1 Å². The SMILES string of the molecule is Cc1ccc(C(C)NC2CCSc3ccccc32)cc1F. The fourth-order valence-electron chi connectivity index (χ4n) is 2.79. The molecule has 0 aliphatic carbocycles. The van der Waals surface area contributed by atoms with Gasteiger partial charge in [0.25, 0.3) is 0 Å². The van der Waals surface area contributed by atoms with E-state index in [9.17, 15) is 4.39 Å². The maximum atomic E-state index is 13.7. The zero-order chi connectivity index (χ0) is 14.8. The summed E-state index contributed by atoms with van der Waals surface area (Å²) >= 11 is 1.92. The number of aryl methyl sites for hydroxylation is 1. The van der Waals surface area contributed by atoms with Crippen molar-refractivity contribution in [2.24, 2.45) is 0 Å². The van der Waals surface area contributed by atoms with Crippen molar-refractivity contribution in [2.45, 2.75) is 37.2 Å². The van der Waals surface area contributed by atoms with Crippen LogP contribution < -0.4 is 5.32 Å². The third kappa shape index (κ3) is 3.14. The van der Waals surface area contributed by atoms with E-state index in [0.717, 1.165) is 17.7 Å². The molecule has 21 heavy (non-hydrogen) atoms. The summed E-state index contributed by atoms with van der Waals surface area (Å²) in [6.45, 7) is 3.90. The van der Waals surface area contributed by atoms with E-state index in [-0.39, 0.29) is 11.9 Å². The highest BCUT2D eigenvalue weighted by Gasteiger charge is 2.22. The molecule has 2 aromatic carbocycles. The maximum Gasteiger partial charge on any atom is 0.126 e. The van der Waals surface area contributed by atoms with Crippen molar-refractivity contribution in [3.05, 3.63) is 65.0 Å². The molecule has 1 aliphatic rings. The molecular weight excluding hydrogens is 281 g/mol. The monoisotopic (exact) mass is 301 g/mol. The normalized spacial score (nSPS) is 19.1. The molecule has 0 radical (unpaired) electrons. The number of rotatable bonds is 3. The molecule has 0 bridgehead atoms. The third-order valence-electron chi connectivity index (χ3n) is 4.11. The molecule has 0 spiro atoms. The van der Waals surface area contributed by atoms with Crippen molar-refractivity contribution in [1.29, 1.82) is 0 Å². The molecule has 110 valence electrons. The lowest BCUT2D eigenvalue weighted by Crippen LogP contribution is -2.27. The minimum absolute atomic E-state index is 0.124. The van der Waals surface area contributed by atoms with Gasteiger partial charge in [0.2, 0.25) is 0 Å². The summed E-state index contributed by atoms with van der Waals surface area (Å²) in [5.74, 6) is 1.00. The van der Waals surface area contributed by atoms with Crippen molar-refractivity contribution in [3.8, 4) is 0 Å². The molecule has 0 amide bonds. The Kier molecular flexibility index (Phi) is 4.32. The lowest BCUT2D eigenvalue weighted by Gasteiger charge is -2.29. The first-order valence-electron chi connectivity index (χ1n) is 7.39. The van der Waals surface area contributed by atoms with E-state index < -0.39 is 0 Å². The molecule has 0 saturated carbocycles. The minimum Gasteiger partial charge on any atom is -0.303 e. The Morgan fingerprint density at radius 2 is 2.05 bits per heavy atom. The van der Waals surface area contributed by atoms with Crippen LogP contribution in [0.15, 0.2) is 47.4 Å². The number of benzene rings is 2. The first-order valence-corrected chi connectivity index (χ1v) is 8.37. The summed E-state index contributed by atoms with van der Waals surface area (Å²) in [6.07, 6.45) is 1.11. The molecule has 0 fully saturated rings. The van der Waals surface area contributed by atoms with Gasteiger partial charge in [0, 0.05) is 17.0 Å². The molecule has 3 heteroatoms. The van der Waals surface area contributed by atoms with E-state index in [1.165, 1.54) is 10.5 Å². The van der Waals surface area contributed by atoms with Crippen LogP contribution in [0.2, 0.25) is 0 Å². The van der Waals surface area contributed by atoms with Crippen LogP contribution >= 0.6 is 11.8 Å². The predicted octanol–water partition coefficient (Wildman–Crippen LogP) is 5.02. The molecule has 1 aliphatic heterocycles. The van der Waals surface area contributed by atoms with Crippen LogP contribution in [-0.4, -0.2) is 5.75 Å².